The van der Waals surface area contributed by atoms with Crippen molar-refractivity contribution in [3.05, 3.63) is 42.4 Å². The lowest BCUT2D eigenvalue weighted by atomic mass is 10.4. The van der Waals surface area contributed by atoms with Crippen molar-refractivity contribution >= 4 is 6.20 Å². The average molecular weight is 147 g/mol. The molecular weight excluding hydrogens is 138 g/mol. The Bertz CT molecular complexity index is 296. The number of aromatic nitrogens is 1. The molecule has 2 heteroatoms. The van der Waals surface area contributed by atoms with Crippen molar-refractivity contribution in [1.82, 2.24) is 4.57 Å². The molecule has 1 aliphatic rings. The minimum absolute atomic E-state index is 0.647. The number of ether oxygens (including phenoxy) is 1. The molecule has 0 N–H and O–H groups in total. The molecule has 0 radical (unpaired) electrons. The Kier molecular flexibility index (Phi) is 1.52. The lowest BCUT2D eigenvalue weighted by molar-refractivity contribution is 0.230. The summed E-state index contributed by atoms with van der Waals surface area (Å²) in [6.45, 7) is 0.647. The smallest absolute Gasteiger partial charge is 0.128 e. The molecule has 2 rings (SSSR count). The zero-order valence-corrected chi connectivity index (χ0v) is 6.10. The third-order valence-electron chi connectivity index (χ3n) is 1.63. The lowest BCUT2D eigenvalue weighted by Crippen LogP contribution is -1.95. The molecule has 0 aromatic carbocycles. The molecule has 0 amide bonds. The van der Waals surface area contributed by atoms with E-state index < -0.39 is 0 Å². The number of hydrogen-bond acceptors (Lipinski definition) is 1. The van der Waals surface area contributed by atoms with Crippen molar-refractivity contribution in [3.63, 3.8) is 0 Å². The number of hydrogen-bond donors (Lipinski definition) is 0. The van der Waals surface area contributed by atoms with Gasteiger partial charge >= 0.3 is 0 Å². The van der Waals surface area contributed by atoms with Crippen LogP contribution in [-0.4, -0.2) is 4.57 Å². The maximum Gasteiger partial charge on any atom is 0.128 e. The molecule has 1 aromatic heterocycles. The third kappa shape index (κ3) is 1.19. The fraction of sp³-hybridized carbons (Fsp3) is 0.111. The molecule has 0 aliphatic carbocycles. The van der Waals surface area contributed by atoms with Crippen molar-refractivity contribution in [2.75, 3.05) is 0 Å². The SMILES string of the molecule is C1=C/OCc2cccn2/C=C/1. The summed E-state index contributed by atoms with van der Waals surface area (Å²) < 4.78 is 7.25. The summed E-state index contributed by atoms with van der Waals surface area (Å²) in [5.74, 6) is 0. The number of nitrogens with zero attached hydrogens (tertiary/aromatic N) is 1. The predicted octanol–water partition coefficient (Wildman–Crippen LogP) is 2.00. The Hall–Kier alpha value is -1.44. The summed E-state index contributed by atoms with van der Waals surface area (Å²) >= 11 is 0. The molecule has 1 aliphatic heterocycles. The highest BCUT2D eigenvalue weighted by molar-refractivity contribution is 5.32. The highest BCUT2D eigenvalue weighted by Gasteiger charge is 1.97. The number of rotatable bonds is 0. The molecule has 0 saturated heterocycles. The first-order chi connectivity index (χ1) is 5.47. The van der Waals surface area contributed by atoms with E-state index in [1.807, 2.05) is 41.2 Å². The first kappa shape index (κ1) is 6.28. The van der Waals surface area contributed by atoms with Gasteiger partial charge in [-0.25, -0.2) is 0 Å². The Morgan fingerprint density at radius 3 is 3.36 bits per heavy atom. The van der Waals surface area contributed by atoms with E-state index in [1.54, 1.807) is 6.26 Å². The van der Waals surface area contributed by atoms with Gasteiger partial charge in [-0.05, 0) is 24.3 Å². The van der Waals surface area contributed by atoms with E-state index in [0.717, 1.165) is 0 Å². The van der Waals surface area contributed by atoms with Crippen LogP contribution in [0.15, 0.2) is 36.7 Å². The molecule has 56 valence electrons. The van der Waals surface area contributed by atoms with Gasteiger partial charge in [0.25, 0.3) is 0 Å². The summed E-state index contributed by atoms with van der Waals surface area (Å²) in [7, 11) is 0. The fourth-order valence-corrected chi connectivity index (χ4v) is 1.07. The number of fused-ring (bicyclic) bond motifs is 1. The van der Waals surface area contributed by atoms with Crippen molar-refractivity contribution in [3.8, 4) is 0 Å². The topological polar surface area (TPSA) is 14.2 Å². The van der Waals surface area contributed by atoms with Gasteiger partial charge in [0.05, 0.1) is 12.0 Å². The molecule has 0 saturated carbocycles. The summed E-state index contributed by atoms with van der Waals surface area (Å²) in [6.07, 6.45) is 9.54. The molecule has 0 unspecified atom stereocenters. The molecular formula is C9H9NO. The molecule has 2 nitrogen and oxygen atoms in total. The second-order valence-corrected chi connectivity index (χ2v) is 2.39. The van der Waals surface area contributed by atoms with Gasteiger partial charge in [-0.2, -0.15) is 0 Å². The minimum atomic E-state index is 0.647. The van der Waals surface area contributed by atoms with Crippen molar-refractivity contribution in [2.45, 2.75) is 6.61 Å². The van der Waals surface area contributed by atoms with E-state index in [-0.39, 0.29) is 0 Å². The summed E-state index contributed by atoms with van der Waals surface area (Å²) in [5, 5.41) is 0. The van der Waals surface area contributed by atoms with Crippen LogP contribution >= 0.6 is 0 Å². The lowest BCUT2D eigenvalue weighted by Gasteiger charge is -2.05. The van der Waals surface area contributed by atoms with Crippen LogP contribution in [0, 0.1) is 0 Å². The Morgan fingerprint density at radius 2 is 2.36 bits per heavy atom. The summed E-state index contributed by atoms with van der Waals surface area (Å²) in [6, 6.07) is 4.05. The fourth-order valence-electron chi connectivity index (χ4n) is 1.07. The van der Waals surface area contributed by atoms with Crippen LogP contribution in [0.3, 0.4) is 0 Å². The molecule has 2 heterocycles. The van der Waals surface area contributed by atoms with Crippen molar-refractivity contribution < 1.29 is 4.74 Å². The van der Waals surface area contributed by atoms with Crippen LogP contribution in [0.25, 0.3) is 6.20 Å². The first-order valence-electron chi connectivity index (χ1n) is 3.57. The van der Waals surface area contributed by atoms with Gasteiger partial charge in [0.1, 0.15) is 6.61 Å². The zero-order valence-electron chi connectivity index (χ0n) is 6.10. The minimum Gasteiger partial charge on any atom is -0.495 e. The van der Waals surface area contributed by atoms with E-state index >= 15 is 0 Å². The predicted molar refractivity (Wildman–Crippen MR) is 43.7 cm³/mol. The second-order valence-electron chi connectivity index (χ2n) is 2.39. The van der Waals surface area contributed by atoms with Crippen LogP contribution in [0.5, 0.6) is 0 Å². The Balaban J connectivity index is 2.39. The molecule has 0 bridgehead atoms. The maximum absolute atomic E-state index is 5.21. The van der Waals surface area contributed by atoms with Gasteiger partial charge in [-0.15, -0.1) is 0 Å². The molecule has 0 spiro atoms. The van der Waals surface area contributed by atoms with E-state index in [9.17, 15) is 0 Å². The highest BCUT2D eigenvalue weighted by Crippen LogP contribution is 2.06. The van der Waals surface area contributed by atoms with Gasteiger partial charge in [0.15, 0.2) is 0 Å². The van der Waals surface area contributed by atoms with E-state index in [4.69, 9.17) is 4.74 Å². The van der Waals surface area contributed by atoms with E-state index in [2.05, 4.69) is 0 Å². The third-order valence-corrected chi connectivity index (χ3v) is 1.63. The molecule has 11 heavy (non-hydrogen) atoms. The quantitative estimate of drug-likeness (QED) is 0.547. The van der Waals surface area contributed by atoms with Crippen LogP contribution in [-0.2, 0) is 11.3 Å². The summed E-state index contributed by atoms with van der Waals surface area (Å²) in [4.78, 5) is 0. The first-order valence-corrected chi connectivity index (χ1v) is 3.57. The second kappa shape index (κ2) is 2.66. The molecule has 0 fully saturated rings. The average Bonchev–Trinajstić information content (AvgIpc) is 2.35. The largest absolute Gasteiger partial charge is 0.495 e. The van der Waals surface area contributed by atoms with Crippen LogP contribution in [0.4, 0.5) is 0 Å². The van der Waals surface area contributed by atoms with E-state index in [1.165, 1.54) is 5.69 Å². The summed E-state index contributed by atoms with van der Waals surface area (Å²) in [5.41, 5.74) is 1.17. The highest BCUT2D eigenvalue weighted by atomic mass is 16.5. The van der Waals surface area contributed by atoms with Crippen molar-refractivity contribution in [1.29, 1.82) is 0 Å². The standard InChI is InChI=1S/C9H9NO/c1-2-7-11-8-9-4-3-6-10(9)5-1/h1-7H,8H2/b5-1+,7-2+. The van der Waals surface area contributed by atoms with Gasteiger partial charge in [0, 0.05) is 12.4 Å². The van der Waals surface area contributed by atoms with Crippen LogP contribution < -0.4 is 0 Å². The van der Waals surface area contributed by atoms with Gasteiger partial charge in [-0.1, -0.05) is 0 Å². The molecule has 0 atom stereocenters. The number of allylic oxidation sites excluding steroid dienone is 2. The normalized spacial score (nSPS) is 20.7. The van der Waals surface area contributed by atoms with Gasteiger partial charge in [0.2, 0.25) is 0 Å². The van der Waals surface area contributed by atoms with Gasteiger partial charge < -0.3 is 9.30 Å². The van der Waals surface area contributed by atoms with Gasteiger partial charge in [-0.3, -0.25) is 0 Å². The van der Waals surface area contributed by atoms with Crippen LogP contribution in [0.2, 0.25) is 0 Å². The maximum atomic E-state index is 5.21. The Morgan fingerprint density at radius 1 is 1.36 bits per heavy atom. The Labute approximate surface area is 65.4 Å². The van der Waals surface area contributed by atoms with Crippen molar-refractivity contribution in [2.24, 2.45) is 0 Å². The van der Waals surface area contributed by atoms with E-state index in [0.29, 0.717) is 6.61 Å². The molecule has 1 aromatic rings. The van der Waals surface area contributed by atoms with Crippen LogP contribution in [0.1, 0.15) is 5.69 Å². The monoisotopic (exact) mass is 147 g/mol. The zero-order chi connectivity index (χ0) is 7.52.